The van der Waals surface area contributed by atoms with Crippen molar-refractivity contribution in [1.29, 1.82) is 0 Å². The normalized spacial score (nSPS) is 12.1. The van der Waals surface area contributed by atoms with Crippen LogP contribution < -0.4 is 10.1 Å². The number of carbonyl (C=O) groups is 1. The van der Waals surface area contributed by atoms with E-state index in [1.54, 1.807) is 37.4 Å². The maximum atomic E-state index is 12.4. The van der Waals surface area contributed by atoms with E-state index in [0.717, 1.165) is 17.0 Å². The Bertz CT molecular complexity index is 705. The quantitative estimate of drug-likeness (QED) is 0.820. The summed E-state index contributed by atoms with van der Waals surface area (Å²) in [5.41, 5.74) is 1.61. The summed E-state index contributed by atoms with van der Waals surface area (Å²) in [6, 6.07) is 12.4. The van der Waals surface area contributed by atoms with Crippen molar-refractivity contribution in [2.45, 2.75) is 19.5 Å². The average Bonchev–Trinajstić information content (AvgIpc) is 2.58. The van der Waals surface area contributed by atoms with E-state index in [9.17, 15) is 4.79 Å². The van der Waals surface area contributed by atoms with Crippen LogP contribution in [0.1, 0.15) is 12.5 Å². The van der Waals surface area contributed by atoms with E-state index < -0.39 is 0 Å². The Balaban J connectivity index is 1.99. The highest BCUT2D eigenvalue weighted by Gasteiger charge is 2.19. The molecule has 0 aromatic heterocycles. The van der Waals surface area contributed by atoms with Crippen molar-refractivity contribution in [3.8, 4) is 5.75 Å². The monoisotopic (exact) mass is 366 g/mol. The third kappa shape index (κ3) is 4.63. The minimum atomic E-state index is -0.331. The largest absolute Gasteiger partial charge is 0.497 e. The van der Waals surface area contributed by atoms with Gasteiger partial charge in [0.15, 0.2) is 0 Å². The van der Waals surface area contributed by atoms with E-state index in [1.165, 1.54) is 0 Å². The van der Waals surface area contributed by atoms with E-state index in [2.05, 4.69) is 5.32 Å². The van der Waals surface area contributed by atoms with Crippen LogP contribution in [-0.4, -0.2) is 31.0 Å². The van der Waals surface area contributed by atoms with E-state index in [4.69, 9.17) is 27.9 Å². The van der Waals surface area contributed by atoms with Gasteiger partial charge in [0.25, 0.3) is 0 Å². The third-order valence-corrected chi connectivity index (χ3v) is 4.71. The van der Waals surface area contributed by atoms with E-state index in [1.807, 2.05) is 31.0 Å². The lowest BCUT2D eigenvalue weighted by Gasteiger charge is -2.24. The van der Waals surface area contributed by atoms with Crippen molar-refractivity contribution in [2.24, 2.45) is 0 Å². The predicted molar refractivity (Wildman–Crippen MR) is 99.0 cm³/mol. The first-order chi connectivity index (χ1) is 11.4. The summed E-state index contributed by atoms with van der Waals surface area (Å²) in [5, 5.41) is 3.92. The van der Waals surface area contributed by atoms with Crippen LogP contribution >= 0.6 is 23.2 Å². The molecule has 6 heteroatoms. The number of hydrogen-bond acceptors (Lipinski definition) is 3. The first kappa shape index (κ1) is 18.6. The molecule has 1 amide bonds. The van der Waals surface area contributed by atoms with Gasteiger partial charge >= 0.3 is 0 Å². The van der Waals surface area contributed by atoms with Gasteiger partial charge in [-0.3, -0.25) is 9.69 Å². The summed E-state index contributed by atoms with van der Waals surface area (Å²) >= 11 is 12.2. The summed E-state index contributed by atoms with van der Waals surface area (Å²) in [4.78, 5) is 14.3. The van der Waals surface area contributed by atoms with Gasteiger partial charge in [-0.1, -0.05) is 35.3 Å². The zero-order chi connectivity index (χ0) is 17.7. The Morgan fingerprint density at radius 2 is 1.88 bits per heavy atom. The first-order valence-corrected chi connectivity index (χ1v) is 8.26. The minimum absolute atomic E-state index is 0.0965. The summed E-state index contributed by atoms with van der Waals surface area (Å²) in [7, 11) is 3.47. The third-order valence-electron chi connectivity index (χ3n) is 3.85. The van der Waals surface area contributed by atoms with E-state index in [-0.39, 0.29) is 11.9 Å². The molecule has 0 spiro atoms. The molecule has 2 aromatic rings. The molecule has 0 bridgehead atoms. The molecule has 0 saturated carbocycles. The Kier molecular flexibility index (Phi) is 6.49. The lowest BCUT2D eigenvalue weighted by molar-refractivity contribution is -0.120. The molecule has 0 aliphatic carbocycles. The zero-order valence-electron chi connectivity index (χ0n) is 13.8. The van der Waals surface area contributed by atoms with Crippen LogP contribution in [0.3, 0.4) is 0 Å². The first-order valence-electron chi connectivity index (χ1n) is 7.50. The lowest BCUT2D eigenvalue weighted by Crippen LogP contribution is -2.39. The van der Waals surface area contributed by atoms with Crippen LogP contribution in [0.2, 0.25) is 10.0 Å². The van der Waals surface area contributed by atoms with Crippen LogP contribution in [0.15, 0.2) is 42.5 Å². The lowest BCUT2D eigenvalue weighted by atomic mass is 10.2. The maximum absolute atomic E-state index is 12.4. The molecule has 1 atom stereocenters. The molecule has 2 rings (SSSR count). The molecule has 128 valence electrons. The van der Waals surface area contributed by atoms with Crippen molar-refractivity contribution in [2.75, 3.05) is 19.5 Å². The zero-order valence-corrected chi connectivity index (χ0v) is 15.4. The number of amides is 1. The van der Waals surface area contributed by atoms with Gasteiger partial charge < -0.3 is 10.1 Å². The summed E-state index contributed by atoms with van der Waals surface area (Å²) in [5.74, 6) is 0.648. The van der Waals surface area contributed by atoms with Gasteiger partial charge in [-0.15, -0.1) is 0 Å². The number of rotatable bonds is 6. The van der Waals surface area contributed by atoms with Crippen molar-refractivity contribution in [1.82, 2.24) is 4.90 Å². The molecule has 1 N–H and O–H groups in total. The van der Waals surface area contributed by atoms with Crippen LogP contribution in [0.5, 0.6) is 5.75 Å². The fraction of sp³-hybridized carbons (Fsp3) is 0.278. The number of carbonyl (C=O) groups excluding carboxylic acids is 1. The number of halogens is 2. The SMILES string of the molecule is COc1ccc(NC(=O)[C@@H](C)N(C)Cc2cccc(Cl)c2Cl)cc1. The molecule has 4 nitrogen and oxygen atoms in total. The van der Waals surface area contributed by atoms with Crippen LogP contribution in [0, 0.1) is 0 Å². The van der Waals surface area contributed by atoms with Crippen LogP contribution in [-0.2, 0) is 11.3 Å². The van der Waals surface area contributed by atoms with Crippen molar-refractivity contribution in [3.63, 3.8) is 0 Å². The Morgan fingerprint density at radius 1 is 1.21 bits per heavy atom. The standard InChI is InChI=1S/C18H20Cl2N2O2/c1-12(18(23)21-14-7-9-15(24-3)10-8-14)22(2)11-13-5-4-6-16(19)17(13)20/h4-10,12H,11H2,1-3H3,(H,21,23)/t12-/m1/s1. The number of ether oxygens (including phenoxy) is 1. The molecule has 0 heterocycles. The molecule has 0 saturated heterocycles. The molecular formula is C18H20Cl2N2O2. The number of nitrogens with one attached hydrogen (secondary N) is 1. The fourth-order valence-electron chi connectivity index (χ4n) is 2.20. The summed E-state index contributed by atoms with van der Waals surface area (Å²) in [6.07, 6.45) is 0. The fourth-order valence-corrected chi connectivity index (χ4v) is 2.58. The van der Waals surface area contributed by atoms with Gasteiger partial charge in [0, 0.05) is 12.2 Å². The molecular weight excluding hydrogens is 347 g/mol. The average molecular weight is 367 g/mol. The molecule has 2 aromatic carbocycles. The van der Waals surface area contributed by atoms with Gasteiger partial charge in [-0.2, -0.15) is 0 Å². The predicted octanol–water partition coefficient (Wildman–Crippen LogP) is 4.46. The maximum Gasteiger partial charge on any atom is 0.241 e. The second kappa shape index (κ2) is 8.38. The Morgan fingerprint density at radius 3 is 2.50 bits per heavy atom. The Labute approximate surface area is 152 Å². The molecule has 0 aliphatic rings. The van der Waals surface area contributed by atoms with Crippen molar-refractivity contribution in [3.05, 3.63) is 58.1 Å². The molecule has 0 aliphatic heterocycles. The van der Waals surface area contributed by atoms with Gasteiger partial charge in [0.1, 0.15) is 5.75 Å². The van der Waals surface area contributed by atoms with Gasteiger partial charge in [-0.25, -0.2) is 0 Å². The minimum Gasteiger partial charge on any atom is -0.497 e. The van der Waals surface area contributed by atoms with Gasteiger partial charge in [0.2, 0.25) is 5.91 Å². The van der Waals surface area contributed by atoms with Gasteiger partial charge in [0.05, 0.1) is 23.2 Å². The second-order valence-corrected chi connectivity index (χ2v) is 6.31. The second-order valence-electron chi connectivity index (χ2n) is 5.52. The molecule has 0 radical (unpaired) electrons. The van der Waals surface area contributed by atoms with E-state index >= 15 is 0 Å². The number of methoxy groups -OCH3 is 1. The van der Waals surface area contributed by atoms with Crippen LogP contribution in [0.25, 0.3) is 0 Å². The molecule has 0 fully saturated rings. The number of likely N-dealkylation sites (N-methyl/N-ethyl adjacent to an activating group) is 1. The molecule has 0 unspecified atom stereocenters. The number of benzene rings is 2. The Hall–Kier alpha value is -1.75. The number of nitrogens with zero attached hydrogens (tertiary/aromatic N) is 1. The number of anilines is 1. The highest BCUT2D eigenvalue weighted by molar-refractivity contribution is 6.42. The topological polar surface area (TPSA) is 41.6 Å². The smallest absolute Gasteiger partial charge is 0.241 e. The van der Waals surface area contributed by atoms with Crippen molar-refractivity contribution < 1.29 is 9.53 Å². The summed E-state index contributed by atoms with van der Waals surface area (Å²) < 4.78 is 5.10. The summed E-state index contributed by atoms with van der Waals surface area (Å²) in [6.45, 7) is 2.37. The van der Waals surface area contributed by atoms with Crippen molar-refractivity contribution >= 4 is 34.8 Å². The van der Waals surface area contributed by atoms with E-state index in [0.29, 0.717) is 16.6 Å². The van der Waals surface area contributed by atoms with Crippen LogP contribution in [0.4, 0.5) is 5.69 Å². The highest BCUT2D eigenvalue weighted by Crippen LogP contribution is 2.26. The molecule has 24 heavy (non-hydrogen) atoms. The number of hydrogen-bond donors (Lipinski definition) is 1. The highest BCUT2D eigenvalue weighted by atomic mass is 35.5. The van der Waals surface area contributed by atoms with Gasteiger partial charge in [-0.05, 0) is 49.9 Å².